The molecule has 0 aromatic rings. The Kier molecular flexibility index (Phi) is 6.51. The van der Waals surface area contributed by atoms with Gasteiger partial charge in [-0.3, -0.25) is 0 Å². The Bertz CT molecular complexity index is 86.2. The minimum absolute atomic E-state index is 0.189. The highest BCUT2D eigenvalue weighted by Crippen LogP contribution is 2.02. The predicted octanol–water partition coefficient (Wildman–Crippen LogP) is -0.0583. The molecule has 0 fully saturated rings. The first kappa shape index (κ1) is 10.9. The van der Waals surface area contributed by atoms with Crippen LogP contribution in [0.5, 0.6) is 0 Å². The number of nitrogens with one attached hydrogen (secondary N) is 1. The maximum absolute atomic E-state index is 8.54. The first-order chi connectivity index (χ1) is 5.20. The summed E-state index contributed by atoms with van der Waals surface area (Å²) in [5.41, 5.74) is 5.52. The van der Waals surface area contributed by atoms with Crippen molar-refractivity contribution < 1.29 is 5.11 Å². The van der Waals surface area contributed by atoms with E-state index >= 15 is 0 Å². The van der Waals surface area contributed by atoms with E-state index < -0.39 is 0 Å². The van der Waals surface area contributed by atoms with Gasteiger partial charge in [-0.25, -0.2) is 0 Å². The zero-order valence-corrected chi connectivity index (χ0v) is 7.51. The van der Waals surface area contributed by atoms with Crippen LogP contribution in [0.3, 0.4) is 0 Å². The van der Waals surface area contributed by atoms with Gasteiger partial charge in [0.2, 0.25) is 0 Å². The third kappa shape index (κ3) is 6.28. The van der Waals surface area contributed by atoms with Gasteiger partial charge in [-0.1, -0.05) is 13.8 Å². The van der Waals surface area contributed by atoms with Crippen molar-refractivity contribution in [2.75, 3.05) is 19.7 Å². The van der Waals surface area contributed by atoms with Crippen molar-refractivity contribution in [3.05, 3.63) is 0 Å². The molecule has 0 bridgehead atoms. The lowest BCUT2D eigenvalue weighted by Crippen LogP contribution is -2.38. The van der Waals surface area contributed by atoms with Crippen LogP contribution in [0.25, 0.3) is 0 Å². The SMILES string of the molecule is CC(C)CC(CN)NCCO. The Morgan fingerprint density at radius 3 is 2.45 bits per heavy atom. The van der Waals surface area contributed by atoms with Crippen LogP contribution in [0.4, 0.5) is 0 Å². The largest absolute Gasteiger partial charge is 0.395 e. The molecule has 1 unspecified atom stereocenters. The Morgan fingerprint density at radius 1 is 1.45 bits per heavy atom. The normalized spacial score (nSPS) is 13.9. The van der Waals surface area contributed by atoms with Gasteiger partial charge in [0.25, 0.3) is 0 Å². The molecule has 0 amide bonds. The summed E-state index contributed by atoms with van der Waals surface area (Å²) in [6.45, 7) is 5.83. The van der Waals surface area contributed by atoms with Crippen LogP contribution in [-0.2, 0) is 0 Å². The van der Waals surface area contributed by atoms with Crippen molar-refractivity contribution in [1.82, 2.24) is 5.32 Å². The highest BCUT2D eigenvalue weighted by molar-refractivity contribution is 4.68. The summed E-state index contributed by atoms with van der Waals surface area (Å²) < 4.78 is 0. The fourth-order valence-electron chi connectivity index (χ4n) is 1.10. The minimum atomic E-state index is 0.189. The van der Waals surface area contributed by atoms with Crippen LogP contribution in [0.1, 0.15) is 20.3 Å². The quantitative estimate of drug-likeness (QED) is 0.510. The summed E-state index contributed by atoms with van der Waals surface area (Å²) in [7, 11) is 0. The second-order valence-electron chi connectivity index (χ2n) is 3.24. The Hall–Kier alpha value is -0.120. The fraction of sp³-hybridized carbons (Fsp3) is 1.00. The van der Waals surface area contributed by atoms with Gasteiger partial charge >= 0.3 is 0 Å². The van der Waals surface area contributed by atoms with Crippen molar-refractivity contribution in [2.45, 2.75) is 26.3 Å². The molecule has 0 aliphatic carbocycles. The molecule has 0 rings (SSSR count). The second kappa shape index (κ2) is 6.58. The number of nitrogens with two attached hydrogens (primary N) is 1. The summed E-state index contributed by atoms with van der Waals surface area (Å²) in [4.78, 5) is 0. The molecule has 0 saturated carbocycles. The maximum Gasteiger partial charge on any atom is 0.0556 e. The molecule has 3 nitrogen and oxygen atoms in total. The van der Waals surface area contributed by atoms with Gasteiger partial charge in [0.1, 0.15) is 0 Å². The van der Waals surface area contributed by atoms with Crippen molar-refractivity contribution in [2.24, 2.45) is 11.7 Å². The maximum atomic E-state index is 8.54. The molecule has 0 spiro atoms. The molecule has 0 radical (unpaired) electrons. The van der Waals surface area contributed by atoms with E-state index in [0.717, 1.165) is 6.42 Å². The van der Waals surface area contributed by atoms with Crippen LogP contribution in [-0.4, -0.2) is 30.8 Å². The lowest BCUT2D eigenvalue weighted by Gasteiger charge is -2.17. The summed E-state index contributed by atoms with van der Waals surface area (Å²) >= 11 is 0. The molecule has 0 saturated heterocycles. The topological polar surface area (TPSA) is 58.3 Å². The third-order valence-electron chi connectivity index (χ3n) is 1.59. The van der Waals surface area contributed by atoms with Crippen LogP contribution < -0.4 is 11.1 Å². The molecule has 11 heavy (non-hydrogen) atoms. The number of aliphatic hydroxyl groups excluding tert-OH is 1. The number of rotatable bonds is 6. The van der Waals surface area contributed by atoms with E-state index in [1.54, 1.807) is 0 Å². The van der Waals surface area contributed by atoms with Crippen molar-refractivity contribution in [1.29, 1.82) is 0 Å². The Balaban J connectivity index is 3.41. The van der Waals surface area contributed by atoms with Gasteiger partial charge in [-0.05, 0) is 12.3 Å². The molecule has 4 N–H and O–H groups in total. The zero-order chi connectivity index (χ0) is 8.69. The van der Waals surface area contributed by atoms with Gasteiger partial charge in [0.05, 0.1) is 6.61 Å². The molecule has 0 aliphatic heterocycles. The van der Waals surface area contributed by atoms with Crippen LogP contribution >= 0.6 is 0 Å². The lowest BCUT2D eigenvalue weighted by molar-refractivity contribution is 0.279. The van der Waals surface area contributed by atoms with Gasteiger partial charge in [-0.2, -0.15) is 0 Å². The molecule has 0 aromatic carbocycles. The van der Waals surface area contributed by atoms with Crippen LogP contribution in [0.15, 0.2) is 0 Å². The Morgan fingerprint density at radius 2 is 2.09 bits per heavy atom. The summed E-state index contributed by atoms with van der Waals surface area (Å²) in [5, 5.41) is 11.7. The fourth-order valence-corrected chi connectivity index (χ4v) is 1.10. The first-order valence-electron chi connectivity index (χ1n) is 4.25. The first-order valence-corrected chi connectivity index (χ1v) is 4.25. The standard InChI is InChI=1S/C8H20N2O/c1-7(2)5-8(6-9)10-3-4-11/h7-8,10-11H,3-6,9H2,1-2H3. The van der Waals surface area contributed by atoms with Gasteiger partial charge in [0, 0.05) is 19.1 Å². The molecule has 68 valence electrons. The van der Waals surface area contributed by atoms with E-state index in [1.807, 2.05) is 0 Å². The van der Waals surface area contributed by atoms with Crippen molar-refractivity contribution >= 4 is 0 Å². The van der Waals surface area contributed by atoms with Crippen LogP contribution in [0, 0.1) is 5.92 Å². The van der Waals surface area contributed by atoms with E-state index in [0.29, 0.717) is 25.0 Å². The Labute approximate surface area is 69.0 Å². The molecule has 1 atom stereocenters. The van der Waals surface area contributed by atoms with E-state index in [2.05, 4.69) is 19.2 Å². The molecule has 0 aromatic heterocycles. The average molecular weight is 160 g/mol. The van der Waals surface area contributed by atoms with E-state index in [4.69, 9.17) is 10.8 Å². The molecular formula is C8H20N2O. The summed E-state index contributed by atoms with van der Waals surface area (Å²) in [6.07, 6.45) is 1.08. The zero-order valence-electron chi connectivity index (χ0n) is 7.51. The van der Waals surface area contributed by atoms with Crippen molar-refractivity contribution in [3.8, 4) is 0 Å². The predicted molar refractivity (Wildman–Crippen MR) is 47.4 cm³/mol. The minimum Gasteiger partial charge on any atom is -0.395 e. The van der Waals surface area contributed by atoms with Crippen molar-refractivity contribution in [3.63, 3.8) is 0 Å². The molecule has 0 aliphatic rings. The van der Waals surface area contributed by atoms with E-state index in [1.165, 1.54) is 0 Å². The third-order valence-corrected chi connectivity index (χ3v) is 1.59. The molecular weight excluding hydrogens is 140 g/mol. The molecule has 0 heterocycles. The van der Waals surface area contributed by atoms with Gasteiger partial charge in [-0.15, -0.1) is 0 Å². The second-order valence-corrected chi connectivity index (χ2v) is 3.24. The summed E-state index contributed by atoms with van der Waals surface area (Å²) in [6, 6.07) is 0.363. The summed E-state index contributed by atoms with van der Waals surface area (Å²) in [5.74, 6) is 0.662. The number of hydrogen-bond donors (Lipinski definition) is 3. The lowest BCUT2D eigenvalue weighted by atomic mass is 10.0. The van der Waals surface area contributed by atoms with Gasteiger partial charge < -0.3 is 16.2 Å². The number of aliphatic hydroxyl groups is 1. The monoisotopic (exact) mass is 160 g/mol. The van der Waals surface area contributed by atoms with E-state index in [9.17, 15) is 0 Å². The van der Waals surface area contributed by atoms with E-state index in [-0.39, 0.29) is 6.61 Å². The highest BCUT2D eigenvalue weighted by Gasteiger charge is 2.06. The van der Waals surface area contributed by atoms with Gasteiger partial charge in [0.15, 0.2) is 0 Å². The highest BCUT2D eigenvalue weighted by atomic mass is 16.3. The number of hydrogen-bond acceptors (Lipinski definition) is 3. The van der Waals surface area contributed by atoms with Crippen LogP contribution in [0.2, 0.25) is 0 Å². The smallest absolute Gasteiger partial charge is 0.0556 e. The average Bonchev–Trinajstić information content (AvgIpc) is 1.97. The molecule has 3 heteroatoms.